The van der Waals surface area contributed by atoms with Crippen molar-refractivity contribution in [2.24, 2.45) is 11.8 Å². The van der Waals surface area contributed by atoms with Gasteiger partial charge in [0, 0.05) is 6.04 Å². The van der Waals surface area contributed by atoms with E-state index in [-0.39, 0.29) is 16.9 Å². The van der Waals surface area contributed by atoms with Gasteiger partial charge in [-0.15, -0.1) is 0 Å². The molecule has 0 heterocycles. The molecule has 0 aliphatic heterocycles. The molecule has 1 rings (SSSR count). The van der Waals surface area contributed by atoms with Gasteiger partial charge in [0.05, 0.1) is 5.02 Å². The number of halogens is 2. The second-order valence-electron chi connectivity index (χ2n) is 4.75. The lowest BCUT2D eigenvalue weighted by Gasteiger charge is -2.17. The summed E-state index contributed by atoms with van der Waals surface area (Å²) in [4.78, 5) is 0. The maximum Gasteiger partial charge on any atom is 0.145 e. The van der Waals surface area contributed by atoms with Gasteiger partial charge >= 0.3 is 0 Å². The summed E-state index contributed by atoms with van der Waals surface area (Å²) >= 11 is 5.74. The molecule has 1 atom stereocenters. The molecule has 0 saturated heterocycles. The molecule has 0 fully saturated rings. The van der Waals surface area contributed by atoms with E-state index in [1.807, 2.05) is 0 Å². The highest BCUT2D eigenvalue weighted by Crippen LogP contribution is 2.20. The molecule has 0 bridgehead atoms. The van der Waals surface area contributed by atoms with Crippen molar-refractivity contribution in [2.75, 3.05) is 0 Å². The Kier molecular flexibility index (Phi) is 5.89. The minimum atomic E-state index is -0.334. The Bertz CT molecular complexity index is 355. The van der Waals surface area contributed by atoms with Crippen LogP contribution in [0.4, 0.5) is 4.39 Å². The Hall–Kier alpha value is -0.640. The van der Waals surface area contributed by atoms with E-state index in [1.165, 1.54) is 0 Å². The Morgan fingerprint density at radius 2 is 2.06 bits per heavy atom. The first-order valence-electron chi connectivity index (χ1n) is 5.93. The van der Waals surface area contributed by atoms with Crippen molar-refractivity contribution in [3.63, 3.8) is 0 Å². The number of rotatable bonds is 6. The van der Waals surface area contributed by atoms with E-state index >= 15 is 0 Å². The highest BCUT2D eigenvalue weighted by atomic mass is 35.5. The molecular weight excluding hydrogens is 239 g/mol. The molecular formula is C13H20ClFN2. The van der Waals surface area contributed by atoms with Crippen molar-refractivity contribution in [1.29, 1.82) is 0 Å². The van der Waals surface area contributed by atoms with E-state index in [9.17, 15) is 4.39 Å². The largest absolute Gasteiger partial charge is 0.271 e. The third-order valence-corrected chi connectivity index (χ3v) is 3.12. The Labute approximate surface area is 107 Å². The quantitative estimate of drug-likeness (QED) is 0.607. The lowest BCUT2D eigenvalue weighted by atomic mass is 9.98. The molecule has 0 aliphatic carbocycles. The molecule has 3 N–H and O–H groups in total. The van der Waals surface area contributed by atoms with Gasteiger partial charge in [-0.1, -0.05) is 37.6 Å². The Balaban J connectivity index is 2.64. The summed E-state index contributed by atoms with van der Waals surface area (Å²) in [5.41, 5.74) is 3.36. The lowest BCUT2D eigenvalue weighted by molar-refractivity contribution is 0.429. The fourth-order valence-electron chi connectivity index (χ4n) is 1.75. The molecule has 2 nitrogen and oxygen atoms in total. The third-order valence-electron chi connectivity index (χ3n) is 2.83. The highest BCUT2D eigenvalue weighted by Gasteiger charge is 2.13. The second kappa shape index (κ2) is 6.94. The van der Waals surface area contributed by atoms with Crippen molar-refractivity contribution in [1.82, 2.24) is 5.43 Å². The summed E-state index contributed by atoms with van der Waals surface area (Å²) in [6.07, 6.45) is 2.56. The van der Waals surface area contributed by atoms with Crippen molar-refractivity contribution in [3.05, 3.63) is 34.6 Å². The molecule has 4 heteroatoms. The SMILES string of the molecule is CC(C)CCC(Cc1cccc(Cl)c1F)NN. The van der Waals surface area contributed by atoms with Gasteiger partial charge < -0.3 is 0 Å². The van der Waals surface area contributed by atoms with Crippen LogP contribution in [-0.4, -0.2) is 6.04 Å². The molecule has 1 aromatic rings. The Morgan fingerprint density at radius 1 is 1.35 bits per heavy atom. The molecule has 1 unspecified atom stereocenters. The zero-order valence-corrected chi connectivity index (χ0v) is 11.1. The molecule has 17 heavy (non-hydrogen) atoms. The predicted octanol–water partition coefficient (Wildman–Crippen LogP) is 3.29. The first-order valence-corrected chi connectivity index (χ1v) is 6.31. The lowest BCUT2D eigenvalue weighted by Crippen LogP contribution is -2.37. The summed E-state index contributed by atoms with van der Waals surface area (Å²) in [5, 5.41) is 0.169. The molecule has 96 valence electrons. The summed E-state index contributed by atoms with van der Waals surface area (Å²) in [6, 6.07) is 5.15. The highest BCUT2D eigenvalue weighted by molar-refractivity contribution is 6.30. The summed E-state index contributed by atoms with van der Waals surface area (Å²) < 4.78 is 13.7. The van der Waals surface area contributed by atoms with Crippen LogP contribution in [0.15, 0.2) is 18.2 Å². The van der Waals surface area contributed by atoms with Gasteiger partial charge in [0.2, 0.25) is 0 Å². The van der Waals surface area contributed by atoms with E-state index < -0.39 is 0 Å². The van der Waals surface area contributed by atoms with Crippen LogP contribution in [0.1, 0.15) is 32.3 Å². The van der Waals surface area contributed by atoms with Crippen LogP contribution in [0.3, 0.4) is 0 Å². The maximum atomic E-state index is 13.7. The molecule has 0 saturated carbocycles. The van der Waals surface area contributed by atoms with E-state index in [0.29, 0.717) is 17.9 Å². The maximum absolute atomic E-state index is 13.7. The zero-order valence-electron chi connectivity index (χ0n) is 10.3. The van der Waals surface area contributed by atoms with Crippen LogP contribution in [0.2, 0.25) is 5.02 Å². The van der Waals surface area contributed by atoms with E-state index in [4.69, 9.17) is 17.4 Å². The second-order valence-corrected chi connectivity index (χ2v) is 5.16. The smallest absolute Gasteiger partial charge is 0.145 e. The fourth-order valence-corrected chi connectivity index (χ4v) is 1.94. The molecule has 0 aliphatic rings. The third kappa shape index (κ3) is 4.62. The minimum Gasteiger partial charge on any atom is -0.271 e. The van der Waals surface area contributed by atoms with Crippen molar-refractivity contribution >= 4 is 11.6 Å². The number of hydrazine groups is 1. The molecule has 0 radical (unpaired) electrons. The van der Waals surface area contributed by atoms with Gasteiger partial charge in [0.25, 0.3) is 0 Å². The first kappa shape index (κ1) is 14.4. The fraction of sp³-hybridized carbons (Fsp3) is 0.538. The number of hydrogen-bond acceptors (Lipinski definition) is 2. The van der Waals surface area contributed by atoms with Crippen LogP contribution in [0.5, 0.6) is 0 Å². The van der Waals surface area contributed by atoms with Crippen molar-refractivity contribution in [2.45, 2.75) is 39.2 Å². The van der Waals surface area contributed by atoms with Crippen molar-refractivity contribution < 1.29 is 4.39 Å². The molecule has 0 amide bonds. The van der Waals surface area contributed by atoms with Crippen LogP contribution in [0.25, 0.3) is 0 Å². The van der Waals surface area contributed by atoms with Gasteiger partial charge in [0.1, 0.15) is 5.82 Å². The number of benzene rings is 1. The first-order chi connectivity index (χ1) is 8.04. The van der Waals surface area contributed by atoms with Gasteiger partial charge in [-0.3, -0.25) is 11.3 Å². The van der Waals surface area contributed by atoms with Gasteiger partial charge in [-0.25, -0.2) is 4.39 Å². The zero-order chi connectivity index (χ0) is 12.8. The minimum absolute atomic E-state index is 0.0883. The topological polar surface area (TPSA) is 38.0 Å². The number of nitrogens with two attached hydrogens (primary N) is 1. The standard InChI is InChI=1S/C13H20ClFN2/c1-9(2)6-7-11(17-16)8-10-4-3-5-12(14)13(10)15/h3-5,9,11,17H,6-8,16H2,1-2H3. The average Bonchev–Trinajstić information content (AvgIpc) is 2.29. The molecule has 0 spiro atoms. The van der Waals surface area contributed by atoms with Crippen LogP contribution in [0, 0.1) is 11.7 Å². The van der Waals surface area contributed by atoms with Gasteiger partial charge in [-0.05, 0) is 36.8 Å². The van der Waals surface area contributed by atoms with E-state index in [0.717, 1.165) is 12.8 Å². The van der Waals surface area contributed by atoms with E-state index in [2.05, 4.69) is 19.3 Å². The predicted molar refractivity (Wildman–Crippen MR) is 70.3 cm³/mol. The molecule has 0 aromatic heterocycles. The molecule has 1 aromatic carbocycles. The van der Waals surface area contributed by atoms with Crippen LogP contribution in [-0.2, 0) is 6.42 Å². The normalized spacial score (nSPS) is 13.1. The number of hydrogen-bond donors (Lipinski definition) is 2. The monoisotopic (exact) mass is 258 g/mol. The Morgan fingerprint density at radius 3 is 2.65 bits per heavy atom. The summed E-state index contributed by atoms with van der Waals surface area (Å²) in [6.45, 7) is 4.32. The average molecular weight is 259 g/mol. The van der Waals surface area contributed by atoms with E-state index in [1.54, 1.807) is 18.2 Å². The van der Waals surface area contributed by atoms with Crippen LogP contribution < -0.4 is 11.3 Å². The summed E-state index contributed by atoms with van der Waals surface area (Å²) in [5.74, 6) is 5.78. The van der Waals surface area contributed by atoms with Crippen LogP contribution >= 0.6 is 11.6 Å². The van der Waals surface area contributed by atoms with Gasteiger partial charge in [0.15, 0.2) is 0 Å². The van der Waals surface area contributed by atoms with Crippen molar-refractivity contribution in [3.8, 4) is 0 Å². The summed E-state index contributed by atoms with van der Waals surface area (Å²) in [7, 11) is 0. The van der Waals surface area contributed by atoms with Gasteiger partial charge in [-0.2, -0.15) is 0 Å². The number of nitrogens with one attached hydrogen (secondary N) is 1.